The number of anilines is 1. The van der Waals surface area contributed by atoms with Crippen molar-refractivity contribution in [1.29, 1.82) is 0 Å². The van der Waals surface area contributed by atoms with Crippen LogP contribution in [0.1, 0.15) is 5.56 Å². The van der Waals surface area contributed by atoms with Crippen molar-refractivity contribution in [2.75, 3.05) is 38.3 Å². The Hall–Kier alpha value is -1.96. The van der Waals surface area contributed by atoms with Crippen LogP contribution in [0.15, 0.2) is 53.4 Å². The van der Waals surface area contributed by atoms with Gasteiger partial charge >= 0.3 is 0 Å². The average Bonchev–Trinajstić information content (AvgIpc) is 2.63. The monoisotopic (exact) mass is 364 g/mol. The van der Waals surface area contributed by atoms with Crippen molar-refractivity contribution in [3.63, 3.8) is 0 Å². The molecule has 1 saturated heterocycles. The highest BCUT2D eigenvalue weighted by molar-refractivity contribution is 7.89. The molecule has 2 aromatic carbocycles. The smallest absolute Gasteiger partial charge is 0.243 e. The Bertz CT molecular complexity index is 818. The van der Waals surface area contributed by atoms with Crippen LogP contribution in [0.25, 0.3) is 0 Å². The van der Waals surface area contributed by atoms with E-state index in [0.717, 1.165) is 43.6 Å². The fraction of sp³-hybridized carbons (Fsp3) is 0.333. The third-order valence-corrected chi connectivity index (χ3v) is 6.02. The largest absolute Gasteiger partial charge is 0.378 e. The molecule has 1 aliphatic heterocycles. The molecule has 0 bridgehead atoms. The number of hydrogen-bond donors (Lipinski definition) is 0. The van der Waals surface area contributed by atoms with Crippen molar-refractivity contribution >= 4 is 15.7 Å². The normalized spacial score (nSPS) is 15.6. The van der Waals surface area contributed by atoms with Crippen molar-refractivity contribution in [2.45, 2.75) is 11.4 Å². The van der Waals surface area contributed by atoms with E-state index < -0.39 is 15.8 Å². The van der Waals surface area contributed by atoms with E-state index in [2.05, 4.69) is 4.90 Å². The summed E-state index contributed by atoms with van der Waals surface area (Å²) in [6.45, 7) is 3.37. The third-order valence-electron chi connectivity index (χ3n) is 4.22. The van der Waals surface area contributed by atoms with Crippen LogP contribution in [0.5, 0.6) is 0 Å². The zero-order valence-corrected chi connectivity index (χ0v) is 14.9. The van der Waals surface area contributed by atoms with Gasteiger partial charge in [-0.15, -0.1) is 0 Å². The highest BCUT2D eigenvalue weighted by Crippen LogP contribution is 2.20. The highest BCUT2D eigenvalue weighted by Gasteiger charge is 2.21. The average molecular weight is 364 g/mol. The summed E-state index contributed by atoms with van der Waals surface area (Å²) in [6, 6.07) is 12.9. The molecule has 1 fully saturated rings. The van der Waals surface area contributed by atoms with Crippen LogP contribution < -0.4 is 4.90 Å². The van der Waals surface area contributed by atoms with Crippen molar-refractivity contribution in [1.82, 2.24) is 4.31 Å². The lowest BCUT2D eigenvalue weighted by molar-refractivity contribution is 0.122. The zero-order chi connectivity index (χ0) is 17.9. The summed E-state index contributed by atoms with van der Waals surface area (Å²) in [6.07, 6.45) is 0. The Balaban J connectivity index is 1.71. The zero-order valence-electron chi connectivity index (χ0n) is 14.1. The summed E-state index contributed by atoms with van der Waals surface area (Å²) < 4.78 is 45.0. The first-order chi connectivity index (χ1) is 12.0. The number of morpholine rings is 1. The van der Waals surface area contributed by atoms with Crippen LogP contribution in [0.4, 0.5) is 10.1 Å². The van der Waals surface area contributed by atoms with Crippen LogP contribution in [0, 0.1) is 5.82 Å². The minimum Gasteiger partial charge on any atom is -0.378 e. The lowest BCUT2D eigenvalue weighted by Crippen LogP contribution is -2.36. The quantitative estimate of drug-likeness (QED) is 0.818. The lowest BCUT2D eigenvalue weighted by atomic mass is 10.2. The fourth-order valence-electron chi connectivity index (χ4n) is 2.78. The van der Waals surface area contributed by atoms with Crippen LogP contribution in [0.3, 0.4) is 0 Å². The minimum atomic E-state index is -3.72. The molecule has 0 amide bonds. The number of halogens is 1. The molecule has 3 rings (SSSR count). The summed E-state index contributed by atoms with van der Waals surface area (Å²) >= 11 is 0. The molecule has 25 heavy (non-hydrogen) atoms. The number of ether oxygens (including phenoxy) is 1. The molecule has 134 valence electrons. The molecule has 7 heteroatoms. The maximum Gasteiger partial charge on any atom is 0.243 e. The summed E-state index contributed by atoms with van der Waals surface area (Å²) in [5.74, 6) is -0.565. The van der Waals surface area contributed by atoms with E-state index in [-0.39, 0.29) is 11.4 Å². The van der Waals surface area contributed by atoms with Gasteiger partial charge in [-0.25, -0.2) is 12.8 Å². The molecular weight excluding hydrogens is 343 g/mol. The molecule has 2 aromatic rings. The maximum atomic E-state index is 13.3. The number of hydrogen-bond acceptors (Lipinski definition) is 4. The van der Waals surface area contributed by atoms with Crippen molar-refractivity contribution in [3.8, 4) is 0 Å². The Morgan fingerprint density at radius 1 is 1.12 bits per heavy atom. The Kier molecular flexibility index (Phi) is 5.36. The highest BCUT2D eigenvalue weighted by atomic mass is 32.2. The van der Waals surface area contributed by atoms with E-state index >= 15 is 0 Å². The van der Waals surface area contributed by atoms with E-state index in [1.807, 2.05) is 24.3 Å². The maximum absolute atomic E-state index is 13.3. The van der Waals surface area contributed by atoms with E-state index in [9.17, 15) is 12.8 Å². The summed E-state index contributed by atoms with van der Waals surface area (Å²) in [4.78, 5) is 2.19. The summed E-state index contributed by atoms with van der Waals surface area (Å²) in [5, 5.41) is 0. The number of sulfonamides is 1. The van der Waals surface area contributed by atoms with E-state index in [1.54, 1.807) is 0 Å². The minimum absolute atomic E-state index is 0.0417. The van der Waals surface area contributed by atoms with Gasteiger partial charge in [-0.05, 0) is 35.9 Å². The molecule has 0 N–H and O–H groups in total. The topological polar surface area (TPSA) is 49.9 Å². The standard InChI is InChI=1S/C18H21FN2O3S/c1-20(25(22,23)18-4-2-3-16(19)13-18)14-15-5-7-17(8-6-15)21-9-11-24-12-10-21/h2-8,13H,9-12,14H2,1H3. The first-order valence-corrected chi connectivity index (χ1v) is 9.54. The lowest BCUT2D eigenvalue weighted by Gasteiger charge is -2.29. The second kappa shape index (κ2) is 7.51. The third kappa shape index (κ3) is 4.18. The SMILES string of the molecule is CN(Cc1ccc(N2CCOCC2)cc1)S(=O)(=O)c1cccc(F)c1. The molecule has 1 aliphatic rings. The Morgan fingerprint density at radius 2 is 1.80 bits per heavy atom. The molecule has 0 unspecified atom stereocenters. The fourth-order valence-corrected chi connectivity index (χ4v) is 3.97. The molecule has 5 nitrogen and oxygen atoms in total. The second-order valence-electron chi connectivity index (χ2n) is 5.98. The molecular formula is C18H21FN2O3S. The molecule has 0 saturated carbocycles. The van der Waals surface area contributed by atoms with Crippen LogP contribution >= 0.6 is 0 Å². The first kappa shape index (κ1) is 17.8. The molecule has 0 spiro atoms. The molecule has 0 aliphatic carbocycles. The van der Waals surface area contributed by atoms with Gasteiger partial charge in [0.15, 0.2) is 0 Å². The predicted octanol–water partition coefficient (Wildman–Crippen LogP) is 2.48. The van der Waals surface area contributed by atoms with Gasteiger partial charge in [-0.3, -0.25) is 0 Å². The van der Waals surface area contributed by atoms with Gasteiger partial charge in [-0.2, -0.15) is 4.31 Å². The van der Waals surface area contributed by atoms with Crippen molar-refractivity contribution in [3.05, 3.63) is 59.9 Å². The van der Waals surface area contributed by atoms with Gasteiger partial charge < -0.3 is 9.64 Å². The van der Waals surface area contributed by atoms with Crippen molar-refractivity contribution < 1.29 is 17.5 Å². The van der Waals surface area contributed by atoms with Gasteiger partial charge in [0.25, 0.3) is 0 Å². The Morgan fingerprint density at radius 3 is 2.44 bits per heavy atom. The van der Waals surface area contributed by atoms with Crippen LogP contribution in [-0.4, -0.2) is 46.1 Å². The Labute approximate surface area is 147 Å². The van der Waals surface area contributed by atoms with Crippen molar-refractivity contribution in [2.24, 2.45) is 0 Å². The summed E-state index contributed by atoms with van der Waals surface area (Å²) in [5.41, 5.74) is 1.97. The van der Waals surface area contributed by atoms with Gasteiger partial charge in [0.1, 0.15) is 5.82 Å². The molecule has 0 radical (unpaired) electrons. The number of rotatable bonds is 5. The second-order valence-corrected chi connectivity index (χ2v) is 8.03. The molecule has 0 atom stereocenters. The van der Waals surface area contributed by atoms with Crippen LogP contribution in [0.2, 0.25) is 0 Å². The number of benzene rings is 2. The molecule has 1 heterocycles. The van der Waals surface area contributed by atoms with Gasteiger partial charge in [0.2, 0.25) is 10.0 Å². The van der Waals surface area contributed by atoms with E-state index in [1.165, 1.54) is 29.6 Å². The van der Waals surface area contributed by atoms with Gasteiger partial charge in [0, 0.05) is 32.4 Å². The van der Waals surface area contributed by atoms with Crippen LogP contribution in [-0.2, 0) is 21.3 Å². The molecule has 0 aromatic heterocycles. The summed E-state index contributed by atoms with van der Waals surface area (Å²) in [7, 11) is -2.23. The first-order valence-electron chi connectivity index (χ1n) is 8.10. The van der Waals surface area contributed by atoms with Gasteiger partial charge in [0.05, 0.1) is 18.1 Å². The number of nitrogens with zero attached hydrogens (tertiary/aromatic N) is 2. The van der Waals surface area contributed by atoms with E-state index in [0.29, 0.717) is 0 Å². The van der Waals surface area contributed by atoms with Gasteiger partial charge in [-0.1, -0.05) is 18.2 Å². The predicted molar refractivity (Wildman–Crippen MR) is 94.5 cm³/mol. The van der Waals surface area contributed by atoms with E-state index in [4.69, 9.17) is 4.74 Å².